The van der Waals surface area contributed by atoms with Gasteiger partial charge in [0, 0.05) is 18.3 Å². The first-order valence-electron chi connectivity index (χ1n) is 6.85. The van der Waals surface area contributed by atoms with Crippen LogP contribution >= 0.6 is 0 Å². The molecule has 1 N–H and O–H groups in total. The van der Waals surface area contributed by atoms with Gasteiger partial charge < -0.3 is 10.1 Å². The van der Waals surface area contributed by atoms with E-state index in [4.69, 9.17) is 10.00 Å². The first kappa shape index (κ1) is 15.5. The number of carbonyl (C=O) groups is 2. The molecular weight excluding hydrogens is 244 g/mol. The van der Waals surface area contributed by atoms with Crippen LogP contribution < -0.4 is 5.32 Å². The van der Waals surface area contributed by atoms with Crippen LogP contribution in [0.2, 0.25) is 0 Å². The Morgan fingerprint density at radius 2 is 2.00 bits per heavy atom. The third-order valence-corrected chi connectivity index (χ3v) is 3.71. The third-order valence-electron chi connectivity index (χ3n) is 3.71. The van der Waals surface area contributed by atoms with Gasteiger partial charge in [0.25, 0.3) is 0 Å². The average Bonchev–Trinajstić information content (AvgIpc) is 2.44. The van der Waals surface area contributed by atoms with Crippen molar-refractivity contribution in [1.29, 1.82) is 5.26 Å². The molecule has 0 aliphatic heterocycles. The Labute approximate surface area is 114 Å². The monoisotopic (exact) mass is 266 g/mol. The minimum Gasteiger partial charge on any atom is -0.467 e. The number of nitrogens with zero attached hydrogens (tertiary/aromatic N) is 1. The summed E-state index contributed by atoms with van der Waals surface area (Å²) in [5.74, 6) is -0.813. The van der Waals surface area contributed by atoms with Crippen LogP contribution in [0.25, 0.3) is 0 Å². The van der Waals surface area contributed by atoms with Crippen LogP contribution in [0.4, 0.5) is 0 Å². The molecule has 0 unspecified atom stereocenters. The Morgan fingerprint density at radius 3 is 2.53 bits per heavy atom. The molecule has 0 bridgehead atoms. The zero-order chi connectivity index (χ0) is 14.3. The average molecular weight is 266 g/mol. The molecule has 0 aromatic rings. The molecule has 0 saturated heterocycles. The van der Waals surface area contributed by atoms with Gasteiger partial charge in [-0.15, -0.1) is 0 Å². The Hall–Kier alpha value is -1.57. The van der Waals surface area contributed by atoms with Gasteiger partial charge in [-0.1, -0.05) is 26.2 Å². The van der Waals surface area contributed by atoms with Crippen molar-refractivity contribution in [2.45, 2.75) is 51.5 Å². The Kier molecular flexibility index (Phi) is 6.34. The zero-order valence-corrected chi connectivity index (χ0v) is 11.6. The van der Waals surface area contributed by atoms with Gasteiger partial charge >= 0.3 is 5.97 Å². The molecule has 0 radical (unpaired) electrons. The van der Waals surface area contributed by atoms with Crippen LogP contribution in [0.3, 0.4) is 0 Å². The largest absolute Gasteiger partial charge is 0.467 e. The quantitative estimate of drug-likeness (QED) is 0.769. The summed E-state index contributed by atoms with van der Waals surface area (Å²) in [5.41, 5.74) is 0. The van der Waals surface area contributed by atoms with Crippen molar-refractivity contribution in [2.75, 3.05) is 7.11 Å². The maximum Gasteiger partial charge on any atom is 0.328 e. The van der Waals surface area contributed by atoms with E-state index in [1.807, 2.05) is 6.07 Å². The molecule has 0 spiro atoms. The van der Waals surface area contributed by atoms with E-state index in [1.54, 1.807) is 6.92 Å². The Balaban J connectivity index is 2.63. The van der Waals surface area contributed by atoms with Crippen molar-refractivity contribution in [2.24, 2.45) is 11.8 Å². The van der Waals surface area contributed by atoms with Gasteiger partial charge in [0.1, 0.15) is 6.04 Å². The minimum atomic E-state index is -0.723. The summed E-state index contributed by atoms with van der Waals surface area (Å²) in [7, 11) is 1.29. The van der Waals surface area contributed by atoms with Crippen LogP contribution in [0.15, 0.2) is 0 Å². The number of ether oxygens (including phenoxy) is 1. The van der Waals surface area contributed by atoms with Crippen molar-refractivity contribution < 1.29 is 14.3 Å². The topological polar surface area (TPSA) is 79.2 Å². The number of hydrogen-bond acceptors (Lipinski definition) is 4. The number of amides is 1. The van der Waals surface area contributed by atoms with Crippen molar-refractivity contribution in [3.8, 4) is 6.07 Å². The van der Waals surface area contributed by atoms with Crippen LogP contribution in [-0.2, 0) is 14.3 Å². The molecule has 1 amide bonds. The molecular formula is C14H22N2O3. The van der Waals surface area contributed by atoms with Gasteiger partial charge in [-0.3, -0.25) is 4.79 Å². The maximum absolute atomic E-state index is 12.1. The summed E-state index contributed by atoms with van der Waals surface area (Å²) >= 11 is 0. The minimum absolute atomic E-state index is 0.00445. The van der Waals surface area contributed by atoms with Gasteiger partial charge in [-0.05, 0) is 12.8 Å². The highest BCUT2D eigenvalue weighted by Crippen LogP contribution is 2.24. The van der Waals surface area contributed by atoms with Gasteiger partial charge in [-0.25, -0.2) is 4.79 Å². The van der Waals surface area contributed by atoms with Crippen molar-refractivity contribution in [3.05, 3.63) is 0 Å². The number of nitrogens with one attached hydrogen (secondary N) is 1. The summed E-state index contributed by atoms with van der Waals surface area (Å²) in [6.45, 7) is 1.77. The number of esters is 1. The smallest absolute Gasteiger partial charge is 0.328 e. The number of hydrogen-bond donors (Lipinski definition) is 1. The lowest BCUT2D eigenvalue weighted by molar-refractivity contribution is -0.147. The summed E-state index contributed by atoms with van der Waals surface area (Å²) in [4.78, 5) is 23.8. The van der Waals surface area contributed by atoms with Gasteiger partial charge in [0.15, 0.2) is 0 Å². The fourth-order valence-corrected chi connectivity index (χ4v) is 2.46. The van der Waals surface area contributed by atoms with Crippen LogP contribution in [0, 0.1) is 23.2 Å². The van der Waals surface area contributed by atoms with Crippen molar-refractivity contribution in [1.82, 2.24) is 5.32 Å². The molecule has 0 aromatic heterocycles. The van der Waals surface area contributed by atoms with Crippen LogP contribution in [0.5, 0.6) is 0 Å². The molecule has 1 aliphatic carbocycles. The second-order valence-corrected chi connectivity index (χ2v) is 5.18. The molecule has 1 rings (SSSR count). The van der Waals surface area contributed by atoms with Crippen LogP contribution in [-0.4, -0.2) is 25.0 Å². The lowest BCUT2D eigenvalue weighted by Crippen LogP contribution is -2.48. The molecule has 1 saturated carbocycles. The normalized spacial score (nSPS) is 19.0. The molecule has 5 heteroatoms. The summed E-state index contributed by atoms with van der Waals surface area (Å²) in [6, 6.07) is 1.30. The van der Waals surface area contributed by atoms with Gasteiger partial charge in [0.2, 0.25) is 5.91 Å². The lowest BCUT2D eigenvalue weighted by Gasteiger charge is -2.26. The van der Waals surface area contributed by atoms with E-state index in [1.165, 1.54) is 13.5 Å². The summed E-state index contributed by atoms with van der Waals surface area (Å²) in [5, 5.41) is 11.5. The third kappa shape index (κ3) is 4.55. The van der Waals surface area contributed by atoms with Gasteiger partial charge in [0.05, 0.1) is 13.2 Å². The van der Waals surface area contributed by atoms with E-state index in [0.717, 1.165) is 25.7 Å². The first-order valence-corrected chi connectivity index (χ1v) is 6.85. The molecule has 1 fully saturated rings. The second-order valence-electron chi connectivity index (χ2n) is 5.18. The Bertz CT molecular complexity index is 356. The summed E-state index contributed by atoms with van der Waals surface area (Å²) < 4.78 is 4.70. The van der Waals surface area contributed by atoms with Gasteiger partial charge in [-0.2, -0.15) is 5.26 Å². The molecule has 0 aromatic carbocycles. The second kappa shape index (κ2) is 7.78. The predicted molar refractivity (Wildman–Crippen MR) is 69.9 cm³/mol. The molecule has 1 aliphatic rings. The van der Waals surface area contributed by atoms with E-state index >= 15 is 0 Å². The summed E-state index contributed by atoms with van der Waals surface area (Å²) in [6.07, 6.45) is 5.28. The van der Waals surface area contributed by atoms with E-state index in [9.17, 15) is 9.59 Å². The maximum atomic E-state index is 12.1. The molecule has 0 heterocycles. The number of nitriles is 1. The SMILES string of the molecule is COC(=O)[C@H](NC(=O)C1CCCCC1)[C@H](C)CC#N. The van der Waals surface area contributed by atoms with E-state index in [0.29, 0.717) is 0 Å². The molecule has 5 nitrogen and oxygen atoms in total. The van der Waals surface area contributed by atoms with E-state index in [2.05, 4.69) is 5.32 Å². The highest BCUT2D eigenvalue weighted by molar-refractivity contribution is 5.86. The van der Waals surface area contributed by atoms with E-state index in [-0.39, 0.29) is 24.2 Å². The molecule has 106 valence electrons. The number of carbonyl (C=O) groups excluding carboxylic acids is 2. The standard InChI is InChI=1S/C14H22N2O3/c1-10(8-9-15)12(14(18)19-2)16-13(17)11-6-4-3-5-7-11/h10-12H,3-8H2,1-2H3,(H,16,17)/t10-,12-/m1/s1. The first-order chi connectivity index (χ1) is 9.10. The zero-order valence-electron chi connectivity index (χ0n) is 11.6. The number of rotatable bonds is 5. The predicted octanol–water partition coefficient (Wildman–Crippen LogP) is 1.77. The Morgan fingerprint density at radius 1 is 1.37 bits per heavy atom. The fraction of sp³-hybridized carbons (Fsp3) is 0.786. The highest BCUT2D eigenvalue weighted by Gasteiger charge is 2.30. The highest BCUT2D eigenvalue weighted by atomic mass is 16.5. The van der Waals surface area contributed by atoms with E-state index < -0.39 is 12.0 Å². The molecule has 2 atom stereocenters. The lowest BCUT2D eigenvalue weighted by atomic mass is 9.88. The van der Waals surface area contributed by atoms with Crippen LogP contribution in [0.1, 0.15) is 45.4 Å². The van der Waals surface area contributed by atoms with Crippen molar-refractivity contribution >= 4 is 11.9 Å². The molecule has 19 heavy (non-hydrogen) atoms. The number of methoxy groups -OCH3 is 1. The van der Waals surface area contributed by atoms with Crippen molar-refractivity contribution in [3.63, 3.8) is 0 Å². The fourth-order valence-electron chi connectivity index (χ4n) is 2.46.